The molecule has 1 heterocycles. The summed E-state index contributed by atoms with van der Waals surface area (Å²) in [6, 6.07) is 7.51. The summed E-state index contributed by atoms with van der Waals surface area (Å²) >= 11 is 0. The lowest BCUT2D eigenvalue weighted by Crippen LogP contribution is -2.25. The van der Waals surface area contributed by atoms with E-state index in [0.29, 0.717) is 17.8 Å². The molecule has 0 radical (unpaired) electrons. The number of hydrogen-bond donors (Lipinski definition) is 1. The summed E-state index contributed by atoms with van der Waals surface area (Å²) in [5.41, 5.74) is 1.39. The number of aromatic nitrogens is 1. The molecule has 17 heavy (non-hydrogen) atoms. The van der Waals surface area contributed by atoms with Crippen molar-refractivity contribution in [3.05, 3.63) is 42.6 Å². The number of amides is 1. The van der Waals surface area contributed by atoms with E-state index in [1.165, 1.54) is 0 Å². The second kappa shape index (κ2) is 5.30. The summed E-state index contributed by atoms with van der Waals surface area (Å²) in [5.74, 6) is -0.0501. The molecule has 4 nitrogen and oxygen atoms in total. The first-order valence-corrected chi connectivity index (χ1v) is 5.52. The van der Waals surface area contributed by atoms with E-state index >= 15 is 0 Å². The summed E-state index contributed by atoms with van der Waals surface area (Å²) in [5, 5.41) is 7.60. The molecule has 1 amide bonds. The summed E-state index contributed by atoms with van der Waals surface area (Å²) in [4.78, 5) is 11.6. The minimum atomic E-state index is -0.0501. The Kier molecular flexibility index (Phi) is 3.55. The SMILES string of the molecule is C=CCCNC(=O)Cc1noc2ccccc12. The first-order chi connectivity index (χ1) is 8.31. The quantitative estimate of drug-likeness (QED) is 0.632. The molecular formula is C13H14N2O2. The van der Waals surface area contributed by atoms with E-state index in [0.717, 1.165) is 11.8 Å². The van der Waals surface area contributed by atoms with Crippen LogP contribution in [-0.2, 0) is 11.2 Å². The Morgan fingerprint density at radius 1 is 1.47 bits per heavy atom. The third-order valence-electron chi connectivity index (χ3n) is 2.45. The van der Waals surface area contributed by atoms with Gasteiger partial charge in [0.05, 0.1) is 6.42 Å². The van der Waals surface area contributed by atoms with Gasteiger partial charge in [-0.15, -0.1) is 6.58 Å². The van der Waals surface area contributed by atoms with Crippen LogP contribution in [0.1, 0.15) is 12.1 Å². The second-order valence-electron chi connectivity index (χ2n) is 3.73. The molecule has 0 aliphatic rings. The number of fused-ring (bicyclic) bond motifs is 1. The minimum Gasteiger partial charge on any atom is -0.356 e. The highest BCUT2D eigenvalue weighted by molar-refractivity contribution is 5.86. The van der Waals surface area contributed by atoms with Crippen molar-refractivity contribution in [3.8, 4) is 0 Å². The summed E-state index contributed by atoms with van der Waals surface area (Å²) < 4.78 is 5.13. The van der Waals surface area contributed by atoms with Gasteiger partial charge in [0.1, 0.15) is 5.69 Å². The Bertz CT molecular complexity index is 531. The lowest BCUT2D eigenvalue weighted by atomic mass is 10.1. The molecule has 0 saturated heterocycles. The topological polar surface area (TPSA) is 55.1 Å². The van der Waals surface area contributed by atoms with Crippen LogP contribution in [0.2, 0.25) is 0 Å². The number of carbonyl (C=O) groups excluding carboxylic acids is 1. The average molecular weight is 230 g/mol. The summed E-state index contributed by atoms with van der Waals surface area (Å²) in [6.45, 7) is 4.20. The molecule has 0 aliphatic heterocycles. The van der Waals surface area contributed by atoms with Crippen molar-refractivity contribution in [1.82, 2.24) is 10.5 Å². The molecule has 0 bridgehead atoms. The summed E-state index contributed by atoms with van der Waals surface area (Å²) in [7, 11) is 0. The molecule has 0 saturated carbocycles. The lowest BCUT2D eigenvalue weighted by molar-refractivity contribution is -0.120. The first-order valence-electron chi connectivity index (χ1n) is 5.52. The number of hydrogen-bond acceptors (Lipinski definition) is 3. The highest BCUT2D eigenvalue weighted by Gasteiger charge is 2.11. The van der Waals surface area contributed by atoms with Crippen LogP contribution in [0.5, 0.6) is 0 Å². The van der Waals surface area contributed by atoms with Crippen LogP contribution in [0.3, 0.4) is 0 Å². The third-order valence-corrected chi connectivity index (χ3v) is 2.45. The van der Waals surface area contributed by atoms with Crippen LogP contribution in [-0.4, -0.2) is 17.6 Å². The van der Waals surface area contributed by atoms with Crippen molar-refractivity contribution < 1.29 is 9.32 Å². The van der Waals surface area contributed by atoms with Gasteiger partial charge in [0.25, 0.3) is 0 Å². The van der Waals surface area contributed by atoms with Crippen LogP contribution in [0.25, 0.3) is 11.0 Å². The normalized spacial score (nSPS) is 10.4. The fraction of sp³-hybridized carbons (Fsp3) is 0.231. The van der Waals surface area contributed by atoms with Gasteiger partial charge in [0.2, 0.25) is 5.91 Å². The molecule has 0 unspecified atom stereocenters. The molecule has 1 N–H and O–H groups in total. The van der Waals surface area contributed by atoms with E-state index in [1.807, 2.05) is 24.3 Å². The van der Waals surface area contributed by atoms with Gasteiger partial charge < -0.3 is 9.84 Å². The van der Waals surface area contributed by atoms with Gasteiger partial charge >= 0.3 is 0 Å². The van der Waals surface area contributed by atoms with Crippen LogP contribution < -0.4 is 5.32 Å². The number of rotatable bonds is 5. The van der Waals surface area contributed by atoms with E-state index in [9.17, 15) is 4.79 Å². The van der Waals surface area contributed by atoms with Gasteiger partial charge in [0, 0.05) is 11.9 Å². The van der Waals surface area contributed by atoms with Crippen LogP contribution in [0.4, 0.5) is 0 Å². The van der Waals surface area contributed by atoms with E-state index in [1.54, 1.807) is 6.08 Å². The molecule has 2 aromatic rings. The van der Waals surface area contributed by atoms with Crippen LogP contribution >= 0.6 is 0 Å². The first kappa shape index (κ1) is 11.4. The maximum Gasteiger partial charge on any atom is 0.226 e. The van der Waals surface area contributed by atoms with Gasteiger partial charge in [-0.2, -0.15) is 0 Å². The Labute approximate surface area is 99.3 Å². The van der Waals surface area contributed by atoms with Crippen LogP contribution in [0.15, 0.2) is 41.4 Å². The predicted octanol–water partition coefficient (Wildman–Crippen LogP) is 2.06. The highest BCUT2D eigenvalue weighted by Crippen LogP contribution is 2.17. The van der Waals surface area contributed by atoms with Crippen molar-refractivity contribution >= 4 is 16.9 Å². The fourth-order valence-corrected chi connectivity index (χ4v) is 1.59. The zero-order chi connectivity index (χ0) is 12.1. The molecule has 1 aromatic heterocycles. The van der Waals surface area contributed by atoms with E-state index < -0.39 is 0 Å². The van der Waals surface area contributed by atoms with Gasteiger partial charge in [0.15, 0.2) is 5.58 Å². The van der Waals surface area contributed by atoms with Crippen molar-refractivity contribution in [2.45, 2.75) is 12.8 Å². The predicted molar refractivity (Wildman–Crippen MR) is 65.5 cm³/mol. The Balaban J connectivity index is 2.03. The maximum atomic E-state index is 11.6. The van der Waals surface area contributed by atoms with Gasteiger partial charge in [-0.1, -0.05) is 23.4 Å². The molecule has 0 aliphatic carbocycles. The monoisotopic (exact) mass is 230 g/mol. The highest BCUT2D eigenvalue weighted by atomic mass is 16.5. The third kappa shape index (κ3) is 2.72. The van der Waals surface area contributed by atoms with Crippen molar-refractivity contribution in [2.75, 3.05) is 6.54 Å². The number of carbonyl (C=O) groups is 1. The van der Waals surface area contributed by atoms with E-state index in [2.05, 4.69) is 17.1 Å². The maximum absolute atomic E-state index is 11.6. The Morgan fingerprint density at radius 3 is 3.12 bits per heavy atom. The molecular weight excluding hydrogens is 216 g/mol. The van der Waals surface area contributed by atoms with Gasteiger partial charge in [-0.05, 0) is 18.6 Å². The van der Waals surface area contributed by atoms with E-state index in [-0.39, 0.29) is 12.3 Å². The van der Waals surface area contributed by atoms with Gasteiger partial charge in [-0.3, -0.25) is 4.79 Å². The smallest absolute Gasteiger partial charge is 0.226 e. The average Bonchev–Trinajstić information content (AvgIpc) is 2.73. The second-order valence-corrected chi connectivity index (χ2v) is 3.73. The van der Waals surface area contributed by atoms with Crippen molar-refractivity contribution in [1.29, 1.82) is 0 Å². The van der Waals surface area contributed by atoms with Crippen molar-refractivity contribution in [2.24, 2.45) is 0 Å². The number of para-hydroxylation sites is 1. The standard InChI is InChI=1S/C13H14N2O2/c1-2-3-8-14-13(16)9-11-10-6-4-5-7-12(10)17-15-11/h2,4-7H,1,3,8-9H2,(H,14,16). The molecule has 1 aromatic carbocycles. The largest absolute Gasteiger partial charge is 0.356 e. The number of benzene rings is 1. The number of nitrogens with zero attached hydrogens (tertiary/aromatic N) is 1. The molecule has 2 rings (SSSR count). The Hall–Kier alpha value is -2.10. The van der Waals surface area contributed by atoms with Crippen LogP contribution in [0, 0.1) is 0 Å². The molecule has 4 heteroatoms. The number of nitrogens with one attached hydrogen (secondary N) is 1. The fourth-order valence-electron chi connectivity index (χ4n) is 1.59. The summed E-state index contributed by atoms with van der Waals surface area (Å²) in [6.07, 6.45) is 2.78. The Morgan fingerprint density at radius 2 is 2.29 bits per heavy atom. The molecule has 0 spiro atoms. The minimum absolute atomic E-state index is 0.0501. The molecule has 0 fully saturated rings. The molecule has 88 valence electrons. The zero-order valence-electron chi connectivity index (χ0n) is 9.48. The van der Waals surface area contributed by atoms with E-state index in [4.69, 9.17) is 4.52 Å². The van der Waals surface area contributed by atoms with Gasteiger partial charge in [-0.25, -0.2) is 0 Å². The lowest BCUT2D eigenvalue weighted by Gasteiger charge is -2.00. The molecule has 0 atom stereocenters. The van der Waals surface area contributed by atoms with Crippen molar-refractivity contribution in [3.63, 3.8) is 0 Å². The zero-order valence-corrected chi connectivity index (χ0v) is 9.48.